The Morgan fingerprint density at radius 1 is 1.29 bits per heavy atom. The van der Waals surface area contributed by atoms with Gasteiger partial charge in [0.05, 0.1) is 19.4 Å². The number of nitrogens with zero attached hydrogens (tertiary/aromatic N) is 1. The van der Waals surface area contributed by atoms with Crippen molar-refractivity contribution in [3.05, 3.63) is 54.0 Å². The highest BCUT2D eigenvalue weighted by Gasteiger charge is 2.16. The number of guanidine groups is 1. The lowest BCUT2D eigenvalue weighted by atomic mass is 10.1. The van der Waals surface area contributed by atoms with Crippen LogP contribution in [0.3, 0.4) is 0 Å². The zero-order valence-electron chi connectivity index (χ0n) is 16.8. The summed E-state index contributed by atoms with van der Waals surface area (Å²) in [7, 11) is 0. The number of ether oxygens (including phenoxy) is 2. The van der Waals surface area contributed by atoms with Crippen LogP contribution in [0.15, 0.2) is 52.1 Å². The maximum absolute atomic E-state index is 5.99. The summed E-state index contributed by atoms with van der Waals surface area (Å²) < 4.78 is 16.8. The van der Waals surface area contributed by atoms with Gasteiger partial charge in [-0.05, 0) is 50.1 Å². The fourth-order valence-electron chi connectivity index (χ4n) is 3.10. The molecule has 1 saturated heterocycles. The van der Waals surface area contributed by atoms with Gasteiger partial charge in [-0.25, -0.2) is 4.99 Å². The van der Waals surface area contributed by atoms with Crippen LogP contribution < -0.4 is 15.4 Å². The minimum Gasteiger partial charge on any atom is -0.489 e. The highest BCUT2D eigenvalue weighted by atomic mass is 16.5. The summed E-state index contributed by atoms with van der Waals surface area (Å²) >= 11 is 0. The van der Waals surface area contributed by atoms with Gasteiger partial charge < -0.3 is 24.5 Å². The molecule has 2 heterocycles. The van der Waals surface area contributed by atoms with Crippen molar-refractivity contribution < 1.29 is 13.9 Å². The molecule has 1 aromatic carbocycles. The van der Waals surface area contributed by atoms with Crippen molar-refractivity contribution in [2.75, 3.05) is 32.8 Å². The molecule has 2 N–H and O–H groups in total. The molecule has 1 aliphatic heterocycles. The van der Waals surface area contributed by atoms with E-state index in [2.05, 4.69) is 23.6 Å². The van der Waals surface area contributed by atoms with E-state index >= 15 is 0 Å². The molecular weight excluding hydrogens is 354 g/mol. The van der Waals surface area contributed by atoms with Crippen molar-refractivity contribution in [1.29, 1.82) is 0 Å². The number of hydrogen-bond donors (Lipinski definition) is 2. The summed E-state index contributed by atoms with van der Waals surface area (Å²) in [5.41, 5.74) is 1.19. The van der Waals surface area contributed by atoms with Gasteiger partial charge in [0.25, 0.3) is 0 Å². The molecule has 28 heavy (non-hydrogen) atoms. The summed E-state index contributed by atoms with van der Waals surface area (Å²) in [4.78, 5) is 4.72. The van der Waals surface area contributed by atoms with Crippen LogP contribution in [0.5, 0.6) is 5.75 Å². The maximum atomic E-state index is 5.99. The van der Waals surface area contributed by atoms with Crippen LogP contribution in [-0.4, -0.2) is 44.9 Å². The third-order valence-corrected chi connectivity index (χ3v) is 4.66. The van der Waals surface area contributed by atoms with E-state index in [-0.39, 0.29) is 6.10 Å². The van der Waals surface area contributed by atoms with E-state index in [4.69, 9.17) is 18.9 Å². The lowest BCUT2D eigenvalue weighted by Gasteiger charge is -2.17. The Balaban J connectivity index is 1.50. The monoisotopic (exact) mass is 385 g/mol. The first-order valence-electron chi connectivity index (χ1n) is 10.0. The van der Waals surface area contributed by atoms with Crippen molar-refractivity contribution in [2.24, 2.45) is 10.9 Å². The molecule has 3 rings (SSSR count). The van der Waals surface area contributed by atoms with Crippen LogP contribution in [0, 0.1) is 12.8 Å². The van der Waals surface area contributed by atoms with E-state index in [0.717, 1.165) is 56.6 Å². The number of nitrogens with one attached hydrogen (secondary N) is 2. The number of aryl methyl sites for hydroxylation is 1. The SMILES string of the molecule is Cc1cccc(OC(C)CN=C(NCCc2ccco2)NCC2CCOC2)c1. The molecule has 0 radical (unpaired) electrons. The van der Waals surface area contributed by atoms with Crippen molar-refractivity contribution in [2.45, 2.75) is 32.8 Å². The molecule has 0 aliphatic carbocycles. The van der Waals surface area contributed by atoms with Crippen LogP contribution in [0.25, 0.3) is 0 Å². The topological polar surface area (TPSA) is 68.0 Å². The lowest BCUT2D eigenvalue weighted by Crippen LogP contribution is -2.41. The van der Waals surface area contributed by atoms with Gasteiger partial charge in [-0.1, -0.05) is 12.1 Å². The molecule has 0 amide bonds. The molecular formula is C22H31N3O3. The molecule has 6 nitrogen and oxygen atoms in total. The van der Waals surface area contributed by atoms with Crippen molar-refractivity contribution in [3.63, 3.8) is 0 Å². The van der Waals surface area contributed by atoms with Crippen LogP contribution in [0.4, 0.5) is 0 Å². The number of furan rings is 1. The van der Waals surface area contributed by atoms with Gasteiger partial charge in [0.2, 0.25) is 0 Å². The second-order valence-electron chi connectivity index (χ2n) is 7.30. The Labute approximate surface area is 167 Å². The first-order chi connectivity index (χ1) is 13.7. The Bertz CT molecular complexity index is 724. The third-order valence-electron chi connectivity index (χ3n) is 4.66. The van der Waals surface area contributed by atoms with Crippen LogP contribution >= 0.6 is 0 Å². The van der Waals surface area contributed by atoms with E-state index in [0.29, 0.717) is 12.5 Å². The summed E-state index contributed by atoms with van der Waals surface area (Å²) in [6.45, 7) is 7.97. The van der Waals surface area contributed by atoms with Crippen molar-refractivity contribution in [3.8, 4) is 5.75 Å². The molecule has 0 saturated carbocycles. The third kappa shape index (κ3) is 6.93. The Morgan fingerprint density at radius 3 is 2.96 bits per heavy atom. The van der Waals surface area contributed by atoms with Crippen LogP contribution in [0.1, 0.15) is 24.7 Å². The van der Waals surface area contributed by atoms with E-state index in [1.165, 1.54) is 5.56 Å². The zero-order chi connectivity index (χ0) is 19.6. The number of hydrogen-bond acceptors (Lipinski definition) is 4. The molecule has 2 aromatic rings. The smallest absolute Gasteiger partial charge is 0.191 e. The van der Waals surface area contributed by atoms with Crippen molar-refractivity contribution in [1.82, 2.24) is 10.6 Å². The minimum atomic E-state index is -0.0136. The molecule has 1 fully saturated rings. The van der Waals surface area contributed by atoms with Gasteiger partial charge >= 0.3 is 0 Å². The minimum absolute atomic E-state index is 0.0136. The average Bonchev–Trinajstić information content (AvgIpc) is 3.37. The summed E-state index contributed by atoms with van der Waals surface area (Å²) in [5, 5.41) is 6.84. The van der Waals surface area contributed by atoms with E-state index in [9.17, 15) is 0 Å². The van der Waals surface area contributed by atoms with Crippen molar-refractivity contribution >= 4 is 5.96 Å². The van der Waals surface area contributed by atoms with Gasteiger partial charge in [0.15, 0.2) is 5.96 Å². The van der Waals surface area contributed by atoms with Gasteiger partial charge in [-0.15, -0.1) is 0 Å². The Kier molecular flexibility index (Phi) is 7.79. The fourth-order valence-corrected chi connectivity index (χ4v) is 3.10. The Morgan fingerprint density at radius 2 is 2.21 bits per heavy atom. The predicted molar refractivity (Wildman–Crippen MR) is 111 cm³/mol. The number of benzene rings is 1. The average molecular weight is 386 g/mol. The highest BCUT2D eigenvalue weighted by molar-refractivity contribution is 5.79. The highest BCUT2D eigenvalue weighted by Crippen LogP contribution is 2.14. The molecule has 2 atom stereocenters. The van der Waals surface area contributed by atoms with Gasteiger partial charge in [-0.2, -0.15) is 0 Å². The Hall–Kier alpha value is -2.47. The largest absolute Gasteiger partial charge is 0.489 e. The molecule has 1 aromatic heterocycles. The second kappa shape index (κ2) is 10.8. The lowest BCUT2D eigenvalue weighted by molar-refractivity contribution is 0.186. The fraction of sp³-hybridized carbons (Fsp3) is 0.500. The molecule has 0 spiro atoms. The molecule has 2 unspecified atom stereocenters. The van der Waals surface area contributed by atoms with E-state index < -0.39 is 0 Å². The zero-order valence-corrected chi connectivity index (χ0v) is 16.8. The number of aliphatic imine (C=N–C) groups is 1. The maximum Gasteiger partial charge on any atom is 0.191 e. The molecule has 1 aliphatic rings. The van der Waals surface area contributed by atoms with Gasteiger partial charge in [0, 0.05) is 32.0 Å². The van der Waals surface area contributed by atoms with Gasteiger partial charge in [0.1, 0.15) is 17.6 Å². The van der Waals surface area contributed by atoms with Gasteiger partial charge in [-0.3, -0.25) is 0 Å². The summed E-state index contributed by atoms with van der Waals surface area (Å²) in [6, 6.07) is 12.0. The molecule has 152 valence electrons. The van der Waals surface area contributed by atoms with E-state index in [1.807, 2.05) is 37.3 Å². The van der Waals surface area contributed by atoms with E-state index in [1.54, 1.807) is 6.26 Å². The van der Waals surface area contributed by atoms with Crippen LogP contribution in [-0.2, 0) is 11.2 Å². The number of rotatable bonds is 9. The second-order valence-corrected chi connectivity index (χ2v) is 7.30. The predicted octanol–water partition coefficient (Wildman–Crippen LogP) is 3.17. The first-order valence-corrected chi connectivity index (χ1v) is 10.0. The quantitative estimate of drug-likeness (QED) is 0.513. The standard InChI is InChI=1S/C22H31N3O3/c1-17-5-3-6-21(13-17)28-18(2)14-24-22(25-15-19-9-12-26-16-19)23-10-8-20-7-4-11-27-20/h3-7,11,13,18-19H,8-10,12,14-16H2,1-2H3,(H2,23,24,25). The molecule has 6 heteroatoms. The normalized spacial score (nSPS) is 18.1. The van der Waals surface area contributed by atoms with Crippen LogP contribution in [0.2, 0.25) is 0 Å². The first kappa shape index (κ1) is 20.3. The summed E-state index contributed by atoms with van der Waals surface area (Å²) in [5.74, 6) is 3.19. The molecule has 0 bridgehead atoms. The summed E-state index contributed by atoms with van der Waals surface area (Å²) in [6.07, 6.45) is 3.60.